The molecule has 0 unspecified atom stereocenters. The van der Waals surface area contributed by atoms with E-state index in [0.717, 1.165) is 0 Å². The van der Waals surface area contributed by atoms with Crippen molar-refractivity contribution in [3.63, 3.8) is 0 Å². The Kier molecular flexibility index (Phi) is 38.7. The molecule has 0 fully saturated rings. The second-order valence-corrected chi connectivity index (χ2v) is 15.3. The first-order valence-electron chi connectivity index (χ1n) is 13.1. The summed E-state index contributed by atoms with van der Waals surface area (Å²) in [6, 6.07) is 0. The predicted molar refractivity (Wildman–Crippen MR) is 163 cm³/mol. The summed E-state index contributed by atoms with van der Waals surface area (Å²) in [5, 5.41) is 49.5. The molecule has 0 amide bonds. The van der Waals surface area contributed by atoms with E-state index >= 15 is 0 Å². The van der Waals surface area contributed by atoms with Crippen LogP contribution in [-0.4, -0.2) is 66.5 Å². The van der Waals surface area contributed by atoms with Gasteiger partial charge < -0.3 is 30.6 Å². The Hall–Kier alpha value is -1.66. The van der Waals surface area contributed by atoms with Gasteiger partial charge in [-0.05, 0) is 125 Å². The third kappa shape index (κ3) is 58.4. The molecule has 0 aromatic carbocycles. The summed E-state index contributed by atoms with van der Waals surface area (Å²) in [6.07, 6.45) is 0. The number of carbonyl (C=O) groups is 6. The molecule has 45 heavy (non-hydrogen) atoms. The minimum Gasteiger partial charge on any atom is -0.481 e. The monoisotopic (exact) mass is 789 g/mol. The van der Waals surface area contributed by atoms with Gasteiger partial charge in [0.25, 0.3) is 0 Å². The molecule has 0 bridgehead atoms. The van der Waals surface area contributed by atoms with E-state index in [1.54, 1.807) is 125 Å². The molecule has 0 aromatic rings. The molecule has 0 aliphatic heterocycles. The standard InChI is InChI=1S/6C5H10O2.3Co/c6*1-5(2,3)4(6)7;;;/h6*1-3H3,(H,6,7);;;. The number of aliphatic carboxylic acids is 6. The van der Waals surface area contributed by atoms with E-state index in [4.69, 9.17) is 30.6 Å². The summed E-state index contributed by atoms with van der Waals surface area (Å²) in [4.78, 5) is 60.1. The van der Waals surface area contributed by atoms with Crippen molar-refractivity contribution in [3.8, 4) is 0 Å². The van der Waals surface area contributed by atoms with E-state index in [1.165, 1.54) is 0 Å². The fraction of sp³-hybridized carbons (Fsp3) is 0.800. The number of hydrogen-bond donors (Lipinski definition) is 6. The van der Waals surface area contributed by atoms with Gasteiger partial charge in [0.15, 0.2) is 0 Å². The SMILES string of the molecule is CC(C)(C)C(=O)O.CC(C)(C)C(=O)O.CC(C)(C)C(=O)O.CC(C)(C)C(=O)O.CC(C)(C)C(=O)O.CC(C)(C)C(=O)O.[Co].[Co].[Co]. The molecule has 6 N–H and O–H groups in total. The molecule has 0 aliphatic carbocycles. The molecule has 0 aromatic heterocycles. The predicted octanol–water partition coefficient (Wildman–Crippen LogP) is 6.70. The number of hydrogen-bond acceptors (Lipinski definition) is 6. The third-order valence-electron chi connectivity index (χ3n) is 3.85. The Morgan fingerprint density at radius 3 is 0.267 bits per heavy atom. The first kappa shape index (κ1) is 65.9. The van der Waals surface area contributed by atoms with Gasteiger partial charge in [-0.15, -0.1) is 0 Å². The van der Waals surface area contributed by atoms with Crippen molar-refractivity contribution < 1.29 is 110 Å². The molecule has 0 spiro atoms. The molecular weight excluding hydrogens is 729 g/mol. The van der Waals surface area contributed by atoms with Crippen LogP contribution in [0.4, 0.5) is 0 Å². The first-order valence-corrected chi connectivity index (χ1v) is 13.1. The Labute approximate surface area is 301 Å². The molecular formula is C30H60Co3O12. The molecule has 279 valence electrons. The molecule has 12 nitrogen and oxygen atoms in total. The van der Waals surface area contributed by atoms with E-state index in [2.05, 4.69) is 0 Å². The fourth-order valence-corrected chi connectivity index (χ4v) is 0. The van der Waals surface area contributed by atoms with Crippen LogP contribution in [0.1, 0.15) is 125 Å². The van der Waals surface area contributed by atoms with Gasteiger partial charge >= 0.3 is 35.8 Å². The van der Waals surface area contributed by atoms with E-state index in [-0.39, 0.29) is 50.3 Å². The van der Waals surface area contributed by atoms with Gasteiger partial charge in [0.05, 0.1) is 32.5 Å². The maximum Gasteiger partial charge on any atom is 0.308 e. The molecule has 3 radical (unpaired) electrons. The van der Waals surface area contributed by atoms with Crippen LogP contribution in [0.25, 0.3) is 0 Å². The maximum atomic E-state index is 10.0. The molecule has 15 heteroatoms. The van der Waals surface area contributed by atoms with Crippen LogP contribution in [0, 0.1) is 32.5 Å². The number of rotatable bonds is 0. The van der Waals surface area contributed by atoms with Gasteiger partial charge in [0.1, 0.15) is 0 Å². The summed E-state index contributed by atoms with van der Waals surface area (Å²) in [6.45, 7) is 29.9. The fourth-order valence-electron chi connectivity index (χ4n) is 0. The van der Waals surface area contributed by atoms with Gasteiger partial charge in [-0.3, -0.25) is 28.8 Å². The van der Waals surface area contributed by atoms with Crippen LogP contribution in [0.15, 0.2) is 0 Å². The zero-order valence-corrected chi connectivity index (χ0v) is 33.3. The summed E-state index contributed by atoms with van der Waals surface area (Å²) < 4.78 is 0. The second kappa shape index (κ2) is 26.4. The summed E-state index contributed by atoms with van der Waals surface area (Å²) >= 11 is 0. The van der Waals surface area contributed by atoms with Crippen LogP contribution in [0.2, 0.25) is 0 Å². The van der Waals surface area contributed by atoms with Crippen molar-refractivity contribution in [1.29, 1.82) is 0 Å². The van der Waals surface area contributed by atoms with Gasteiger partial charge in [-0.1, -0.05) is 0 Å². The molecule has 0 heterocycles. The quantitative estimate of drug-likeness (QED) is 0.151. The Morgan fingerprint density at radius 1 is 0.244 bits per heavy atom. The van der Waals surface area contributed by atoms with Gasteiger partial charge in [-0.25, -0.2) is 0 Å². The zero-order chi connectivity index (χ0) is 36.5. The van der Waals surface area contributed by atoms with Crippen molar-refractivity contribution in [2.45, 2.75) is 125 Å². The zero-order valence-electron chi connectivity index (χ0n) is 30.1. The van der Waals surface area contributed by atoms with Crippen LogP contribution < -0.4 is 0 Å². The average Bonchev–Trinajstić information content (AvgIpc) is 2.65. The minimum atomic E-state index is -0.757. The molecule has 0 saturated heterocycles. The second-order valence-electron chi connectivity index (χ2n) is 15.3. The Morgan fingerprint density at radius 2 is 0.267 bits per heavy atom. The van der Waals surface area contributed by atoms with E-state index < -0.39 is 68.3 Å². The number of carboxylic acids is 6. The smallest absolute Gasteiger partial charge is 0.308 e. The van der Waals surface area contributed by atoms with Gasteiger partial charge in [-0.2, -0.15) is 0 Å². The molecule has 0 aliphatic rings. The molecule has 0 atom stereocenters. The largest absolute Gasteiger partial charge is 0.481 e. The first-order chi connectivity index (χ1) is 17.7. The molecule has 0 rings (SSSR count). The Bertz CT molecular complexity index is 673. The summed E-state index contributed by atoms with van der Waals surface area (Å²) in [5.41, 5.74) is -3.50. The van der Waals surface area contributed by atoms with E-state index in [1.807, 2.05) is 0 Å². The maximum absolute atomic E-state index is 10.0. The average molecular weight is 790 g/mol. The van der Waals surface area contributed by atoms with Crippen molar-refractivity contribution in [2.24, 2.45) is 32.5 Å². The van der Waals surface area contributed by atoms with E-state index in [0.29, 0.717) is 0 Å². The topological polar surface area (TPSA) is 224 Å². The minimum absolute atomic E-state index is 0. The summed E-state index contributed by atoms with van der Waals surface area (Å²) in [5.74, 6) is -4.54. The van der Waals surface area contributed by atoms with Crippen LogP contribution in [-0.2, 0) is 79.1 Å². The van der Waals surface area contributed by atoms with Crippen LogP contribution in [0.5, 0.6) is 0 Å². The van der Waals surface area contributed by atoms with Gasteiger partial charge in [0, 0.05) is 50.3 Å². The third-order valence-corrected chi connectivity index (χ3v) is 3.85. The van der Waals surface area contributed by atoms with E-state index in [9.17, 15) is 28.8 Å². The normalized spacial score (nSPS) is 10.5. The molecule has 0 saturated carbocycles. The summed E-state index contributed by atoms with van der Waals surface area (Å²) in [7, 11) is 0. The van der Waals surface area contributed by atoms with Crippen molar-refractivity contribution >= 4 is 35.8 Å². The van der Waals surface area contributed by atoms with Crippen molar-refractivity contribution in [3.05, 3.63) is 0 Å². The van der Waals surface area contributed by atoms with Gasteiger partial charge in [0.2, 0.25) is 0 Å². The number of carboxylic acid groups (broad SMARTS) is 6. The van der Waals surface area contributed by atoms with Crippen LogP contribution in [0.3, 0.4) is 0 Å². The van der Waals surface area contributed by atoms with Crippen molar-refractivity contribution in [2.75, 3.05) is 0 Å². The van der Waals surface area contributed by atoms with Crippen molar-refractivity contribution in [1.82, 2.24) is 0 Å². The Balaban J connectivity index is -0.0000000487. The van der Waals surface area contributed by atoms with Crippen LogP contribution >= 0.6 is 0 Å².